The van der Waals surface area contributed by atoms with Crippen molar-refractivity contribution in [2.75, 3.05) is 39.3 Å². The number of halogens is 1. The summed E-state index contributed by atoms with van der Waals surface area (Å²) >= 11 is 0. The molecule has 1 N–H and O–H groups in total. The molecule has 0 aromatic carbocycles. The summed E-state index contributed by atoms with van der Waals surface area (Å²) in [4.78, 5) is 2.69. The third-order valence-corrected chi connectivity index (χ3v) is 5.19. The van der Waals surface area contributed by atoms with E-state index in [1.54, 1.807) is 0 Å². The van der Waals surface area contributed by atoms with Crippen LogP contribution in [0, 0.1) is 11.3 Å². The van der Waals surface area contributed by atoms with Gasteiger partial charge in [-0.2, -0.15) is 0 Å². The monoisotopic (exact) mass is 288 g/mol. The molecule has 19 heavy (non-hydrogen) atoms. The third-order valence-electron chi connectivity index (χ3n) is 5.19. The van der Waals surface area contributed by atoms with Crippen LogP contribution in [0.3, 0.4) is 0 Å². The van der Waals surface area contributed by atoms with Crippen LogP contribution in [0.2, 0.25) is 0 Å². The highest BCUT2D eigenvalue weighted by Gasteiger charge is 2.34. The van der Waals surface area contributed by atoms with Gasteiger partial charge in [0.25, 0.3) is 0 Å². The van der Waals surface area contributed by atoms with Crippen LogP contribution < -0.4 is 5.32 Å². The number of ether oxygens (including phenoxy) is 1. The van der Waals surface area contributed by atoms with Crippen molar-refractivity contribution in [2.24, 2.45) is 11.3 Å². The number of piperidine rings is 1. The Hall–Kier alpha value is 0.170. The standard InChI is InChI=1S/C15H28N2O.ClH/c1-15(6-7-16-11-15)12-17-8-4-13(5-9-17)14-3-2-10-18-14;/h13-14,16H,2-12H2,1H3;1H. The quantitative estimate of drug-likeness (QED) is 0.862. The molecule has 0 radical (unpaired) electrons. The van der Waals surface area contributed by atoms with Crippen molar-refractivity contribution in [2.45, 2.75) is 45.1 Å². The van der Waals surface area contributed by atoms with Crippen LogP contribution in [-0.4, -0.2) is 50.3 Å². The molecule has 0 aromatic heterocycles. The van der Waals surface area contributed by atoms with Gasteiger partial charge in [-0.1, -0.05) is 6.92 Å². The van der Waals surface area contributed by atoms with Crippen molar-refractivity contribution in [3.8, 4) is 0 Å². The fourth-order valence-corrected chi connectivity index (χ4v) is 4.00. The Balaban J connectivity index is 0.00000133. The van der Waals surface area contributed by atoms with Crippen LogP contribution in [0.1, 0.15) is 39.0 Å². The Morgan fingerprint density at radius 1 is 1.26 bits per heavy atom. The zero-order valence-corrected chi connectivity index (χ0v) is 13.0. The van der Waals surface area contributed by atoms with Gasteiger partial charge in [0.1, 0.15) is 0 Å². The molecule has 3 aliphatic heterocycles. The Morgan fingerprint density at radius 3 is 2.63 bits per heavy atom. The van der Waals surface area contributed by atoms with Crippen LogP contribution in [-0.2, 0) is 4.74 Å². The van der Waals surface area contributed by atoms with Crippen molar-refractivity contribution < 1.29 is 4.74 Å². The number of nitrogens with one attached hydrogen (secondary N) is 1. The van der Waals surface area contributed by atoms with Gasteiger partial charge in [-0.15, -0.1) is 12.4 Å². The molecule has 0 aliphatic carbocycles. The number of hydrogen-bond donors (Lipinski definition) is 1. The number of hydrogen-bond acceptors (Lipinski definition) is 3. The van der Waals surface area contributed by atoms with Gasteiger partial charge in [-0.25, -0.2) is 0 Å². The first-order valence-electron chi connectivity index (χ1n) is 7.80. The smallest absolute Gasteiger partial charge is 0.0605 e. The molecule has 112 valence electrons. The summed E-state index contributed by atoms with van der Waals surface area (Å²) in [6, 6.07) is 0. The maximum atomic E-state index is 5.85. The minimum Gasteiger partial charge on any atom is -0.378 e. The van der Waals surface area contributed by atoms with Crippen molar-refractivity contribution in [3.63, 3.8) is 0 Å². The largest absolute Gasteiger partial charge is 0.378 e. The predicted octanol–water partition coefficient (Wildman–Crippen LogP) is 2.30. The van der Waals surface area contributed by atoms with Crippen LogP contribution in [0.5, 0.6) is 0 Å². The summed E-state index contributed by atoms with van der Waals surface area (Å²) < 4.78 is 5.85. The SMILES string of the molecule is CC1(CN2CCC(C3CCCO3)CC2)CCNC1.Cl. The second-order valence-electron chi connectivity index (χ2n) is 6.90. The molecule has 2 atom stereocenters. The van der Waals surface area contributed by atoms with Gasteiger partial charge in [0.2, 0.25) is 0 Å². The first kappa shape index (κ1) is 15.6. The molecular formula is C15H29ClN2O. The Bertz CT molecular complexity index is 267. The highest BCUT2D eigenvalue weighted by molar-refractivity contribution is 5.85. The first-order valence-corrected chi connectivity index (χ1v) is 7.80. The average molecular weight is 289 g/mol. The number of rotatable bonds is 3. The van der Waals surface area contributed by atoms with Crippen LogP contribution >= 0.6 is 12.4 Å². The summed E-state index contributed by atoms with van der Waals surface area (Å²) in [5.41, 5.74) is 0.524. The van der Waals surface area contributed by atoms with Crippen molar-refractivity contribution in [1.29, 1.82) is 0 Å². The zero-order chi connectivity index (χ0) is 12.4. The molecule has 3 aliphatic rings. The molecule has 3 fully saturated rings. The van der Waals surface area contributed by atoms with E-state index in [1.807, 2.05) is 0 Å². The lowest BCUT2D eigenvalue weighted by Crippen LogP contribution is -2.43. The lowest BCUT2D eigenvalue weighted by molar-refractivity contribution is 0.0251. The average Bonchev–Trinajstić information content (AvgIpc) is 3.02. The molecular weight excluding hydrogens is 260 g/mol. The van der Waals surface area contributed by atoms with E-state index < -0.39 is 0 Å². The summed E-state index contributed by atoms with van der Waals surface area (Å²) in [6.07, 6.45) is 7.25. The van der Waals surface area contributed by atoms with E-state index in [9.17, 15) is 0 Å². The third kappa shape index (κ3) is 3.84. The van der Waals surface area contributed by atoms with Crippen LogP contribution in [0.25, 0.3) is 0 Å². The lowest BCUT2D eigenvalue weighted by atomic mass is 9.86. The molecule has 3 rings (SSSR count). The zero-order valence-electron chi connectivity index (χ0n) is 12.2. The number of nitrogens with zero attached hydrogens (tertiary/aromatic N) is 1. The van der Waals surface area contributed by atoms with Gasteiger partial charge < -0.3 is 15.0 Å². The topological polar surface area (TPSA) is 24.5 Å². The molecule has 0 bridgehead atoms. The lowest BCUT2D eigenvalue weighted by Gasteiger charge is -2.38. The molecule has 0 amide bonds. The van der Waals surface area contributed by atoms with E-state index >= 15 is 0 Å². The van der Waals surface area contributed by atoms with E-state index in [2.05, 4.69) is 17.1 Å². The van der Waals surface area contributed by atoms with E-state index in [0.717, 1.165) is 12.5 Å². The Morgan fingerprint density at radius 2 is 2.05 bits per heavy atom. The molecule has 3 heterocycles. The molecule has 0 aromatic rings. The van der Waals surface area contributed by atoms with Gasteiger partial charge in [-0.3, -0.25) is 0 Å². The second kappa shape index (κ2) is 6.75. The van der Waals surface area contributed by atoms with Gasteiger partial charge in [-0.05, 0) is 63.1 Å². The highest BCUT2D eigenvalue weighted by atomic mass is 35.5. The molecule has 3 nitrogen and oxygen atoms in total. The summed E-state index contributed by atoms with van der Waals surface area (Å²) in [7, 11) is 0. The van der Waals surface area contributed by atoms with E-state index in [-0.39, 0.29) is 12.4 Å². The molecule has 4 heteroatoms. The molecule has 3 saturated heterocycles. The predicted molar refractivity (Wildman–Crippen MR) is 81.0 cm³/mol. The number of likely N-dealkylation sites (tertiary alicyclic amines) is 1. The van der Waals surface area contributed by atoms with Crippen molar-refractivity contribution in [1.82, 2.24) is 10.2 Å². The molecule has 2 unspecified atom stereocenters. The van der Waals surface area contributed by atoms with Gasteiger partial charge in [0, 0.05) is 19.7 Å². The maximum Gasteiger partial charge on any atom is 0.0605 e. The van der Waals surface area contributed by atoms with E-state index in [0.29, 0.717) is 11.5 Å². The van der Waals surface area contributed by atoms with E-state index in [1.165, 1.54) is 64.8 Å². The van der Waals surface area contributed by atoms with E-state index in [4.69, 9.17) is 4.74 Å². The summed E-state index contributed by atoms with van der Waals surface area (Å²) in [5.74, 6) is 0.846. The van der Waals surface area contributed by atoms with Gasteiger partial charge in [0.05, 0.1) is 6.10 Å². The first-order chi connectivity index (χ1) is 8.75. The fourth-order valence-electron chi connectivity index (χ4n) is 4.00. The second-order valence-corrected chi connectivity index (χ2v) is 6.90. The summed E-state index contributed by atoms with van der Waals surface area (Å²) in [5, 5.41) is 3.51. The van der Waals surface area contributed by atoms with Gasteiger partial charge in [0.15, 0.2) is 0 Å². The Kier molecular flexibility index (Phi) is 5.53. The Labute approximate surface area is 123 Å². The highest BCUT2D eigenvalue weighted by Crippen LogP contribution is 2.31. The van der Waals surface area contributed by atoms with Crippen LogP contribution in [0.15, 0.2) is 0 Å². The molecule has 0 saturated carbocycles. The minimum absolute atomic E-state index is 0. The van der Waals surface area contributed by atoms with Crippen LogP contribution in [0.4, 0.5) is 0 Å². The van der Waals surface area contributed by atoms with Crippen molar-refractivity contribution in [3.05, 3.63) is 0 Å². The maximum absolute atomic E-state index is 5.85. The van der Waals surface area contributed by atoms with Gasteiger partial charge >= 0.3 is 0 Å². The minimum atomic E-state index is 0. The normalized spacial score (nSPS) is 37.4. The summed E-state index contributed by atoms with van der Waals surface area (Å²) in [6.45, 7) is 9.74. The fraction of sp³-hybridized carbons (Fsp3) is 1.00. The molecule has 0 spiro atoms. The van der Waals surface area contributed by atoms with Crippen molar-refractivity contribution >= 4 is 12.4 Å².